The predicted octanol–water partition coefficient (Wildman–Crippen LogP) is 5.24. The molecule has 4 rings (SSSR count). The quantitative estimate of drug-likeness (QED) is 0.213. The van der Waals surface area contributed by atoms with Crippen LogP contribution >= 0.6 is 0 Å². The minimum atomic E-state index is -3.87. The number of esters is 1. The zero-order chi connectivity index (χ0) is 29.2. The molecular formula is C28H27FN2O8S. The number of rotatable bonds is 9. The Hall–Kier alpha value is -4.58. The number of nitrogens with two attached hydrogens (primary N) is 1. The zero-order valence-electron chi connectivity index (χ0n) is 22.1. The molecule has 0 aliphatic rings. The Morgan fingerprint density at radius 1 is 1.05 bits per heavy atom. The fourth-order valence-corrected chi connectivity index (χ4v) is 4.97. The van der Waals surface area contributed by atoms with Crippen LogP contribution in [0.1, 0.15) is 29.8 Å². The van der Waals surface area contributed by atoms with E-state index < -0.39 is 27.9 Å². The number of furan rings is 1. The number of carbonyl (C=O) groups excluding carboxylic acids is 2. The van der Waals surface area contributed by atoms with Crippen molar-refractivity contribution in [2.75, 3.05) is 17.7 Å². The Bertz CT molecular complexity index is 1660. The van der Waals surface area contributed by atoms with Gasteiger partial charge in [0.15, 0.2) is 0 Å². The third-order valence-corrected chi connectivity index (χ3v) is 6.92. The lowest BCUT2D eigenvalue weighted by atomic mass is 10.0. The van der Waals surface area contributed by atoms with Crippen molar-refractivity contribution in [1.82, 2.24) is 0 Å². The van der Waals surface area contributed by atoms with Crippen LogP contribution in [0.25, 0.3) is 22.3 Å². The third-order valence-electron chi connectivity index (χ3n) is 5.79. The van der Waals surface area contributed by atoms with Crippen molar-refractivity contribution in [3.63, 3.8) is 0 Å². The Kier molecular flexibility index (Phi) is 8.01. The van der Waals surface area contributed by atoms with Gasteiger partial charge in [-0.15, -0.1) is 0 Å². The van der Waals surface area contributed by atoms with Crippen LogP contribution in [0.3, 0.4) is 0 Å². The molecular weight excluding hydrogens is 543 g/mol. The second kappa shape index (κ2) is 11.3. The van der Waals surface area contributed by atoms with Crippen molar-refractivity contribution in [1.29, 1.82) is 0 Å². The van der Waals surface area contributed by atoms with Crippen LogP contribution in [0.15, 0.2) is 65.1 Å². The smallest absolute Gasteiger partial charge is 0.412 e. The molecule has 0 aliphatic heterocycles. The molecule has 0 aliphatic carbocycles. The van der Waals surface area contributed by atoms with E-state index in [1.165, 1.54) is 43.5 Å². The normalized spacial score (nSPS) is 11.4. The van der Waals surface area contributed by atoms with Crippen molar-refractivity contribution in [2.45, 2.75) is 26.5 Å². The Morgan fingerprint density at radius 3 is 2.25 bits per heavy atom. The average molecular weight is 571 g/mol. The molecule has 0 radical (unpaired) electrons. The minimum Gasteiger partial charge on any atom is -0.497 e. The van der Waals surface area contributed by atoms with Crippen molar-refractivity contribution in [3.05, 3.63) is 77.6 Å². The zero-order valence-corrected chi connectivity index (χ0v) is 23.0. The number of halogens is 1. The highest BCUT2D eigenvalue weighted by Crippen LogP contribution is 2.42. The summed E-state index contributed by atoms with van der Waals surface area (Å²) >= 11 is 0. The van der Waals surface area contributed by atoms with Gasteiger partial charge in [0.1, 0.15) is 34.2 Å². The molecule has 0 bridgehead atoms. The first-order chi connectivity index (χ1) is 18.9. The lowest BCUT2D eigenvalue weighted by molar-refractivity contribution is 0.0640. The van der Waals surface area contributed by atoms with E-state index in [4.69, 9.17) is 19.6 Å². The van der Waals surface area contributed by atoms with Gasteiger partial charge in [0, 0.05) is 17.0 Å². The van der Waals surface area contributed by atoms with Gasteiger partial charge in [-0.3, -0.25) is 4.31 Å². The summed E-state index contributed by atoms with van der Waals surface area (Å²) in [7, 11) is -2.34. The van der Waals surface area contributed by atoms with Crippen molar-refractivity contribution >= 4 is 38.7 Å². The lowest BCUT2D eigenvalue weighted by Crippen LogP contribution is -2.30. The molecule has 0 unspecified atom stereocenters. The van der Waals surface area contributed by atoms with Crippen LogP contribution < -0.4 is 19.5 Å². The molecule has 40 heavy (non-hydrogen) atoms. The lowest BCUT2D eigenvalue weighted by Gasteiger charge is -2.26. The van der Waals surface area contributed by atoms with Crippen LogP contribution in [-0.2, 0) is 21.3 Å². The Balaban J connectivity index is 1.96. The van der Waals surface area contributed by atoms with Crippen LogP contribution in [0, 0.1) is 5.82 Å². The highest BCUT2D eigenvalue weighted by Gasteiger charge is 2.29. The highest BCUT2D eigenvalue weighted by atomic mass is 32.2. The summed E-state index contributed by atoms with van der Waals surface area (Å²) in [6, 6.07) is 14.9. The summed E-state index contributed by atoms with van der Waals surface area (Å²) in [4.78, 5) is 24.4. The number of hydrogen-bond acceptors (Lipinski definition) is 8. The monoisotopic (exact) mass is 570 g/mol. The molecule has 4 aromatic rings. The molecule has 1 aromatic heterocycles. The van der Waals surface area contributed by atoms with E-state index in [9.17, 15) is 22.4 Å². The van der Waals surface area contributed by atoms with Gasteiger partial charge in [0.25, 0.3) is 0 Å². The molecule has 1 amide bonds. The first-order valence-corrected chi connectivity index (χ1v) is 13.9. The maximum absolute atomic E-state index is 13.6. The fraction of sp³-hybridized carbons (Fsp3) is 0.214. The summed E-state index contributed by atoms with van der Waals surface area (Å²) in [6.45, 7) is 3.46. The largest absolute Gasteiger partial charge is 0.497 e. The summed E-state index contributed by atoms with van der Waals surface area (Å²) in [5.74, 6) is -0.916. The van der Waals surface area contributed by atoms with Gasteiger partial charge in [0.2, 0.25) is 10.0 Å². The Labute approximate surface area is 230 Å². The first-order valence-electron chi connectivity index (χ1n) is 12.0. The molecule has 0 saturated heterocycles. The number of hydrogen-bond donors (Lipinski definition) is 1. The average Bonchev–Trinajstić information content (AvgIpc) is 3.24. The summed E-state index contributed by atoms with van der Waals surface area (Å²) in [5.41, 5.74) is 6.12. The van der Waals surface area contributed by atoms with E-state index in [2.05, 4.69) is 4.74 Å². The second-order valence-corrected chi connectivity index (χ2v) is 11.0. The molecule has 0 saturated carbocycles. The number of ether oxygens (including phenoxy) is 3. The molecule has 3 aromatic carbocycles. The van der Waals surface area contributed by atoms with Gasteiger partial charge >= 0.3 is 12.1 Å². The number of fused-ring (bicyclic) bond motifs is 1. The number of benzene rings is 3. The van der Waals surface area contributed by atoms with Gasteiger partial charge < -0.3 is 24.4 Å². The highest BCUT2D eigenvalue weighted by molar-refractivity contribution is 7.92. The van der Waals surface area contributed by atoms with E-state index in [1.807, 2.05) is 0 Å². The molecule has 0 spiro atoms. The van der Waals surface area contributed by atoms with Gasteiger partial charge in [-0.1, -0.05) is 12.1 Å². The number of carbonyl (C=O) groups is 2. The number of sulfonamides is 1. The molecule has 2 N–H and O–H groups in total. The Morgan fingerprint density at radius 2 is 1.70 bits per heavy atom. The maximum atomic E-state index is 13.6. The molecule has 210 valence electrons. The summed E-state index contributed by atoms with van der Waals surface area (Å²) < 4.78 is 62.7. The molecule has 1 heterocycles. The van der Waals surface area contributed by atoms with Crippen molar-refractivity contribution in [3.8, 4) is 22.8 Å². The SMILES string of the molecule is COc1ccc(CN(c2cc3oc(-c4ccc(F)cc4)c(C(=O)OC(N)=O)c3cc2OC(C)C)S(C)(=O)=O)cc1. The topological polar surface area (TPSA) is 138 Å². The van der Waals surface area contributed by atoms with Crippen molar-refractivity contribution in [2.24, 2.45) is 5.73 Å². The molecule has 12 heteroatoms. The molecule has 10 nitrogen and oxygen atoms in total. The third kappa shape index (κ3) is 6.18. The van der Waals surface area contributed by atoms with Crippen LogP contribution in [0.4, 0.5) is 14.9 Å². The number of nitrogens with zero attached hydrogens (tertiary/aromatic N) is 1. The number of anilines is 1. The van der Waals surface area contributed by atoms with E-state index in [-0.39, 0.29) is 46.4 Å². The van der Waals surface area contributed by atoms with Gasteiger partial charge in [-0.05, 0) is 61.9 Å². The molecule has 0 fully saturated rings. The van der Waals surface area contributed by atoms with Gasteiger partial charge in [-0.2, -0.15) is 0 Å². The first kappa shape index (κ1) is 28.4. The second-order valence-electron chi connectivity index (χ2n) is 9.12. The van der Waals surface area contributed by atoms with E-state index in [1.54, 1.807) is 38.1 Å². The number of methoxy groups -OCH3 is 1. The van der Waals surface area contributed by atoms with Crippen LogP contribution in [0.5, 0.6) is 11.5 Å². The van der Waals surface area contributed by atoms with E-state index in [0.29, 0.717) is 16.9 Å². The fourth-order valence-electron chi connectivity index (χ4n) is 4.08. The van der Waals surface area contributed by atoms with Gasteiger partial charge in [-0.25, -0.2) is 22.4 Å². The predicted molar refractivity (Wildman–Crippen MR) is 146 cm³/mol. The van der Waals surface area contributed by atoms with Crippen LogP contribution in [0.2, 0.25) is 0 Å². The molecule has 0 atom stereocenters. The number of amides is 1. The van der Waals surface area contributed by atoms with Crippen molar-refractivity contribution < 1.29 is 41.0 Å². The van der Waals surface area contributed by atoms with E-state index in [0.717, 1.165) is 10.6 Å². The van der Waals surface area contributed by atoms with E-state index >= 15 is 0 Å². The minimum absolute atomic E-state index is 0.0324. The number of primary amides is 1. The van der Waals surface area contributed by atoms with Crippen LogP contribution in [-0.4, -0.2) is 39.9 Å². The standard InChI is InChI=1S/C28H27FN2O8S/c1-16(2)37-24-13-21-23(14-22(24)31(40(4,34)35)15-17-5-11-20(36-3)12-6-17)38-26(18-7-9-19(29)10-8-18)25(21)27(32)39-28(30)33/h5-14,16H,15H2,1-4H3,(H2,30,33). The van der Waals surface area contributed by atoms with Gasteiger partial charge in [0.05, 0.1) is 31.7 Å². The summed E-state index contributed by atoms with van der Waals surface area (Å²) in [6.07, 6.45) is -0.660. The summed E-state index contributed by atoms with van der Waals surface area (Å²) in [5, 5.41) is 0.169. The maximum Gasteiger partial charge on any atom is 0.412 e.